The number of benzene rings is 2. The smallest absolute Gasteiger partial charge is 0.274 e. The first-order chi connectivity index (χ1) is 12.2. The maximum atomic E-state index is 13.0. The molecule has 0 saturated heterocycles. The third-order valence-electron chi connectivity index (χ3n) is 4.18. The number of nitrogens with zero attached hydrogens (tertiary/aromatic N) is 2. The fourth-order valence-corrected chi connectivity index (χ4v) is 3.17. The topological polar surface area (TPSA) is 45.8 Å². The minimum absolute atomic E-state index is 0.173. The monoisotopic (exact) mass is 350 g/mol. The number of hydrogen-bond donors (Lipinski definition) is 0. The van der Waals surface area contributed by atoms with Crippen LogP contribution in [-0.4, -0.2) is 16.6 Å². The molecular formula is C20H15ClN2O2. The van der Waals surface area contributed by atoms with Gasteiger partial charge in [-0.15, -0.1) is 0 Å². The summed E-state index contributed by atoms with van der Waals surface area (Å²) >= 11 is 6.04. The van der Waals surface area contributed by atoms with Crippen molar-refractivity contribution in [1.29, 1.82) is 0 Å². The maximum absolute atomic E-state index is 13.0. The molecular weight excluding hydrogens is 336 g/mol. The van der Waals surface area contributed by atoms with E-state index in [-0.39, 0.29) is 11.9 Å². The first-order valence-electron chi connectivity index (χ1n) is 7.98. The zero-order valence-electron chi connectivity index (χ0n) is 13.3. The summed E-state index contributed by atoms with van der Waals surface area (Å²) in [5.74, 6) is 0.500. The molecule has 1 amide bonds. The molecule has 1 aliphatic heterocycles. The molecule has 4 nitrogen and oxygen atoms in total. The second-order valence-electron chi connectivity index (χ2n) is 5.81. The van der Waals surface area contributed by atoms with Crippen LogP contribution < -0.4 is 0 Å². The number of hydrogen-bond acceptors (Lipinski definition) is 3. The van der Waals surface area contributed by atoms with E-state index in [9.17, 15) is 4.79 Å². The van der Waals surface area contributed by atoms with Gasteiger partial charge in [0.15, 0.2) is 0 Å². The van der Waals surface area contributed by atoms with Gasteiger partial charge in [-0.2, -0.15) is 5.10 Å². The fraction of sp³-hybridized carbons (Fsp3) is 0.100. The van der Waals surface area contributed by atoms with Crippen LogP contribution in [0.5, 0.6) is 0 Å². The van der Waals surface area contributed by atoms with Gasteiger partial charge in [0.05, 0.1) is 12.3 Å². The van der Waals surface area contributed by atoms with Crippen LogP contribution in [0.15, 0.2) is 82.5 Å². The van der Waals surface area contributed by atoms with Crippen LogP contribution in [0.1, 0.15) is 34.1 Å². The molecule has 1 aromatic heterocycles. The van der Waals surface area contributed by atoms with Gasteiger partial charge in [-0.25, -0.2) is 5.01 Å². The highest BCUT2D eigenvalue weighted by Gasteiger charge is 2.34. The van der Waals surface area contributed by atoms with Crippen molar-refractivity contribution in [3.63, 3.8) is 0 Å². The first-order valence-corrected chi connectivity index (χ1v) is 8.35. The van der Waals surface area contributed by atoms with Gasteiger partial charge in [0.25, 0.3) is 5.91 Å². The highest BCUT2D eigenvalue weighted by atomic mass is 35.5. The summed E-state index contributed by atoms with van der Waals surface area (Å²) in [7, 11) is 0. The van der Waals surface area contributed by atoms with E-state index in [4.69, 9.17) is 16.0 Å². The van der Waals surface area contributed by atoms with Crippen LogP contribution >= 0.6 is 11.6 Å². The van der Waals surface area contributed by atoms with Gasteiger partial charge in [-0.3, -0.25) is 4.79 Å². The van der Waals surface area contributed by atoms with Gasteiger partial charge in [-0.05, 0) is 35.9 Å². The molecule has 1 atom stereocenters. The molecule has 0 bridgehead atoms. The van der Waals surface area contributed by atoms with Crippen LogP contribution in [0.25, 0.3) is 0 Å². The van der Waals surface area contributed by atoms with Gasteiger partial charge in [-0.1, -0.05) is 48.0 Å². The first kappa shape index (κ1) is 15.7. The predicted molar refractivity (Wildman–Crippen MR) is 96.7 cm³/mol. The average molecular weight is 351 g/mol. The second-order valence-corrected chi connectivity index (χ2v) is 6.25. The molecule has 2 heterocycles. The quantitative estimate of drug-likeness (QED) is 0.672. The summed E-state index contributed by atoms with van der Waals surface area (Å²) in [5, 5.41) is 6.61. The summed E-state index contributed by atoms with van der Waals surface area (Å²) < 4.78 is 5.46. The van der Waals surface area contributed by atoms with E-state index in [0.29, 0.717) is 22.8 Å². The fourth-order valence-electron chi connectivity index (χ4n) is 2.98. The Balaban J connectivity index is 1.73. The molecule has 5 heteroatoms. The molecule has 3 aromatic rings. The van der Waals surface area contributed by atoms with Crippen molar-refractivity contribution in [2.24, 2.45) is 5.10 Å². The summed E-state index contributed by atoms with van der Waals surface area (Å²) in [6, 6.07) is 20.3. The Morgan fingerprint density at radius 1 is 1.08 bits per heavy atom. The number of furan rings is 1. The number of amides is 1. The highest BCUT2D eigenvalue weighted by Crippen LogP contribution is 2.34. The second kappa shape index (κ2) is 6.57. The Morgan fingerprint density at radius 3 is 2.64 bits per heavy atom. The van der Waals surface area contributed by atoms with E-state index < -0.39 is 0 Å². The van der Waals surface area contributed by atoms with Crippen LogP contribution in [0.3, 0.4) is 0 Å². The molecule has 0 unspecified atom stereocenters. The van der Waals surface area contributed by atoms with Crippen molar-refractivity contribution in [1.82, 2.24) is 5.01 Å². The van der Waals surface area contributed by atoms with E-state index in [1.54, 1.807) is 30.5 Å². The lowest BCUT2D eigenvalue weighted by atomic mass is 10.0. The Labute approximate surface area is 150 Å². The van der Waals surface area contributed by atoms with Gasteiger partial charge < -0.3 is 4.42 Å². The van der Waals surface area contributed by atoms with Crippen molar-refractivity contribution in [2.45, 2.75) is 12.5 Å². The molecule has 0 radical (unpaired) electrons. The number of halogens is 1. The Morgan fingerprint density at radius 2 is 1.92 bits per heavy atom. The van der Waals surface area contributed by atoms with Gasteiger partial charge >= 0.3 is 0 Å². The van der Waals surface area contributed by atoms with E-state index >= 15 is 0 Å². The van der Waals surface area contributed by atoms with Crippen molar-refractivity contribution in [3.05, 3.63) is 94.9 Å². The Hall–Kier alpha value is -2.85. The molecule has 1 aliphatic rings. The summed E-state index contributed by atoms with van der Waals surface area (Å²) in [6.45, 7) is 0. The van der Waals surface area contributed by atoms with Crippen molar-refractivity contribution >= 4 is 23.2 Å². The minimum atomic E-state index is -0.182. The zero-order chi connectivity index (χ0) is 17.2. The normalized spacial score (nSPS) is 16.8. The summed E-state index contributed by atoms with van der Waals surface area (Å²) in [4.78, 5) is 13.0. The summed E-state index contributed by atoms with van der Waals surface area (Å²) in [6.07, 6.45) is 2.21. The van der Waals surface area contributed by atoms with E-state index in [0.717, 1.165) is 11.3 Å². The van der Waals surface area contributed by atoms with E-state index in [1.807, 2.05) is 42.5 Å². The molecule has 124 valence electrons. The van der Waals surface area contributed by atoms with Gasteiger partial charge in [0.2, 0.25) is 0 Å². The molecule has 25 heavy (non-hydrogen) atoms. The van der Waals surface area contributed by atoms with Crippen molar-refractivity contribution in [2.75, 3.05) is 0 Å². The van der Waals surface area contributed by atoms with Crippen molar-refractivity contribution < 1.29 is 9.21 Å². The number of carbonyl (C=O) groups is 1. The molecule has 4 rings (SSSR count). The third-order valence-corrected chi connectivity index (χ3v) is 4.42. The zero-order valence-corrected chi connectivity index (χ0v) is 14.1. The molecule has 0 fully saturated rings. The van der Waals surface area contributed by atoms with Crippen LogP contribution in [-0.2, 0) is 0 Å². The van der Waals surface area contributed by atoms with Gasteiger partial charge in [0, 0.05) is 17.0 Å². The van der Waals surface area contributed by atoms with Crippen LogP contribution in [0, 0.1) is 0 Å². The molecule has 0 aliphatic carbocycles. The van der Waals surface area contributed by atoms with Crippen molar-refractivity contribution in [3.8, 4) is 0 Å². The number of rotatable bonds is 3. The largest absolute Gasteiger partial charge is 0.463 e. The van der Waals surface area contributed by atoms with Crippen LogP contribution in [0.4, 0.5) is 0 Å². The maximum Gasteiger partial charge on any atom is 0.274 e. The lowest BCUT2D eigenvalue weighted by molar-refractivity contribution is 0.0711. The standard InChI is InChI=1S/C20H15ClN2O2/c21-16-9-4-8-15(12-16)20(24)23-18(14-6-2-1-3-7-14)13-17(22-23)19-10-5-11-25-19/h1-12,18H,13H2/t18-/m1/s1. The van der Waals surface area contributed by atoms with E-state index in [2.05, 4.69) is 5.10 Å². The summed E-state index contributed by atoms with van der Waals surface area (Å²) in [5.41, 5.74) is 2.30. The molecule has 0 saturated carbocycles. The highest BCUT2D eigenvalue weighted by molar-refractivity contribution is 6.31. The third kappa shape index (κ3) is 3.08. The van der Waals surface area contributed by atoms with Gasteiger partial charge in [0.1, 0.15) is 11.5 Å². The number of carbonyl (C=O) groups excluding carboxylic acids is 1. The SMILES string of the molecule is O=C(c1cccc(Cl)c1)N1N=C(c2ccco2)C[C@@H]1c1ccccc1. The lowest BCUT2D eigenvalue weighted by Gasteiger charge is -2.22. The number of hydrazone groups is 1. The molecule has 2 aromatic carbocycles. The minimum Gasteiger partial charge on any atom is -0.463 e. The van der Waals surface area contributed by atoms with E-state index in [1.165, 1.54) is 5.01 Å². The average Bonchev–Trinajstić information content (AvgIpc) is 3.31. The molecule has 0 N–H and O–H groups in total. The lowest BCUT2D eigenvalue weighted by Crippen LogP contribution is -2.27. The van der Waals surface area contributed by atoms with Crippen LogP contribution in [0.2, 0.25) is 5.02 Å². The predicted octanol–water partition coefficient (Wildman–Crippen LogP) is 4.92. The Bertz CT molecular complexity index is 920. The molecule has 0 spiro atoms. The Kier molecular flexibility index (Phi) is 4.12.